The fourth-order valence-corrected chi connectivity index (χ4v) is 2.18. The molecule has 0 bridgehead atoms. The average Bonchev–Trinajstić information content (AvgIpc) is 2.95. The molecule has 1 fully saturated rings. The first-order chi connectivity index (χ1) is 6.77. The van der Waals surface area contributed by atoms with Crippen molar-refractivity contribution in [1.82, 2.24) is 0 Å². The third-order valence-corrected chi connectivity index (χ3v) is 3.04. The van der Waals surface area contributed by atoms with Crippen molar-refractivity contribution in [2.75, 3.05) is 6.61 Å². The van der Waals surface area contributed by atoms with Crippen molar-refractivity contribution in [2.45, 2.75) is 12.3 Å². The molecule has 2 unspecified atom stereocenters. The van der Waals surface area contributed by atoms with Crippen LogP contribution in [0.5, 0.6) is 5.75 Å². The molecule has 0 aromatic heterocycles. The van der Waals surface area contributed by atoms with Gasteiger partial charge in [0.05, 0.1) is 6.61 Å². The lowest BCUT2D eigenvalue weighted by atomic mass is 10.0. The van der Waals surface area contributed by atoms with Gasteiger partial charge in [-0.15, -0.1) is 0 Å². The van der Waals surface area contributed by atoms with E-state index in [1.54, 1.807) is 12.1 Å². The van der Waals surface area contributed by atoms with Gasteiger partial charge in [-0.1, -0.05) is 12.1 Å². The van der Waals surface area contributed by atoms with E-state index in [0.717, 1.165) is 12.0 Å². The van der Waals surface area contributed by atoms with E-state index in [0.29, 0.717) is 29.8 Å². The van der Waals surface area contributed by atoms with E-state index >= 15 is 0 Å². The van der Waals surface area contributed by atoms with Crippen LogP contribution in [-0.4, -0.2) is 17.7 Å². The summed E-state index contributed by atoms with van der Waals surface area (Å²) in [6.45, 7) is 0.682. The fraction of sp³-hybridized carbons (Fsp3) is 0.364. The smallest absolute Gasteiger partial charge is 0.339 e. The van der Waals surface area contributed by atoms with Crippen LogP contribution in [0.3, 0.4) is 0 Å². The third-order valence-electron chi connectivity index (χ3n) is 3.04. The van der Waals surface area contributed by atoms with Gasteiger partial charge in [0, 0.05) is 5.92 Å². The largest absolute Gasteiger partial charge is 0.492 e. The number of hydrogen-bond acceptors (Lipinski definition) is 2. The number of para-hydroxylation sites is 1. The van der Waals surface area contributed by atoms with E-state index < -0.39 is 5.97 Å². The quantitative estimate of drug-likeness (QED) is 0.735. The number of aromatic carboxylic acids is 1. The molecule has 0 radical (unpaired) electrons. The van der Waals surface area contributed by atoms with E-state index in [1.807, 2.05) is 6.07 Å². The summed E-state index contributed by atoms with van der Waals surface area (Å²) in [4.78, 5) is 10.9. The Bertz CT molecular complexity index is 411. The average molecular weight is 190 g/mol. The van der Waals surface area contributed by atoms with Crippen LogP contribution in [0.4, 0.5) is 0 Å². The van der Waals surface area contributed by atoms with Gasteiger partial charge in [-0.05, 0) is 24.0 Å². The molecule has 1 aliphatic heterocycles. The maximum atomic E-state index is 10.9. The Morgan fingerprint density at radius 3 is 3.14 bits per heavy atom. The first kappa shape index (κ1) is 7.85. The Hall–Kier alpha value is -1.51. The summed E-state index contributed by atoms with van der Waals surface area (Å²) < 4.78 is 5.49. The molecular formula is C11H10O3. The van der Waals surface area contributed by atoms with E-state index in [2.05, 4.69) is 0 Å². The molecule has 1 aliphatic carbocycles. The lowest BCUT2D eigenvalue weighted by Crippen LogP contribution is -2.12. The molecule has 72 valence electrons. The SMILES string of the molecule is O=C(O)c1cccc2c1OCC1CC21. The molecule has 0 spiro atoms. The Balaban J connectivity index is 2.15. The number of rotatable bonds is 1. The van der Waals surface area contributed by atoms with E-state index in [-0.39, 0.29) is 0 Å². The highest BCUT2D eigenvalue weighted by molar-refractivity contribution is 5.91. The molecule has 1 heterocycles. The van der Waals surface area contributed by atoms with Gasteiger partial charge in [-0.3, -0.25) is 0 Å². The second kappa shape index (κ2) is 2.50. The summed E-state index contributed by atoms with van der Waals surface area (Å²) in [5.41, 5.74) is 1.38. The van der Waals surface area contributed by atoms with Crippen molar-refractivity contribution >= 4 is 5.97 Å². The van der Waals surface area contributed by atoms with Gasteiger partial charge < -0.3 is 9.84 Å². The maximum absolute atomic E-state index is 10.9. The number of carboxylic acid groups (broad SMARTS) is 1. The standard InChI is InChI=1S/C11H10O3/c12-11(13)8-3-1-2-7-9-4-6(9)5-14-10(7)8/h1-3,6,9H,4-5H2,(H,12,13). The number of carboxylic acids is 1. The van der Waals surface area contributed by atoms with Crippen LogP contribution in [0.1, 0.15) is 28.3 Å². The maximum Gasteiger partial charge on any atom is 0.339 e. The summed E-state index contributed by atoms with van der Waals surface area (Å²) >= 11 is 0. The van der Waals surface area contributed by atoms with E-state index in [1.165, 1.54) is 0 Å². The van der Waals surface area contributed by atoms with Crippen molar-refractivity contribution in [2.24, 2.45) is 5.92 Å². The molecule has 0 saturated heterocycles. The number of ether oxygens (including phenoxy) is 1. The highest BCUT2D eigenvalue weighted by Crippen LogP contribution is 2.54. The Labute approximate surface area is 81.3 Å². The molecule has 2 aliphatic rings. The monoisotopic (exact) mass is 190 g/mol. The highest BCUT2D eigenvalue weighted by Gasteiger charge is 2.44. The van der Waals surface area contributed by atoms with Gasteiger partial charge in [0.25, 0.3) is 0 Å². The molecule has 3 nitrogen and oxygen atoms in total. The van der Waals surface area contributed by atoms with Gasteiger partial charge in [-0.2, -0.15) is 0 Å². The predicted molar refractivity (Wildman–Crippen MR) is 49.7 cm³/mol. The fourth-order valence-electron chi connectivity index (χ4n) is 2.18. The minimum atomic E-state index is -0.902. The van der Waals surface area contributed by atoms with Crippen molar-refractivity contribution in [3.63, 3.8) is 0 Å². The van der Waals surface area contributed by atoms with Crippen LogP contribution in [0, 0.1) is 5.92 Å². The zero-order valence-electron chi connectivity index (χ0n) is 7.56. The van der Waals surface area contributed by atoms with Gasteiger partial charge in [0.15, 0.2) is 0 Å². The van der Waals surface area contributed by atoms with Crippen molar-refractivity contribution in [3.05, 3.63) is 29.3 Å². The van der Waals surface area contributed by atoms with E-state index in [9.17, 15) is 4.79 Å². The lowest BCUT2D eigenvalue weighted by Gasteiger charge is -2.18. The highest BCUT2D eigenvalue weighted by atomic mass is 16.5. The summed E-state index contributed by atoms with van der Waals surface area (Å²) in [6.07, 6.45) is 1.15. The topological polar surface area (TPSA) is 46.5 Å². The minimum Gasteiger partial charge on any atom is -0.492 e. The summed E-state index contributed by atoms with van der Waals surface area (Å²) in [7, 11) is 0. The van der Waals surface area contributed by atoms with Gasteiger partial charge >= 0.3 is 5.97 Å². The molecule has 3 heteroatoms. The molecule has 14 heavy (non-hydrogen) atoms. The Morgan fingerprint density at radius 1 is 1.50 bits per heavy atom. The molecule has 1 N–H and O–H groups in total. The zero-order chi connectivity index (χ0) is 9.71. The second-order valence-corrected chi connectivity index (χ2v) is 3.94. The normalized spacial score (nSPS) is 27.1. The van der Waals surface area contributed by atoms with Gasteiger partial charge in [0.2, 0.25) is 0 Å². The first-order valence-corrected chi connectivity index (χ1v) is 4.76. The minimum absolute atomic E-state index is 0.299. The van der Waals surface area contributed by atoms with E-state index in [4.69, 9.17) is 9.84 Å². The second-order valence-electron chi connectivity index (χ2n) is 3.94. The lowest BCUT2D eigenvalue weighted by molar-refractivity contribution is 0.0691. The number of benzene rings is 1. The molecular weight excluding hydrogens is 180 g/mol. The molecule has 1 saturated carbocycles. The number of fused-ring (bicyclic) bond motifs is 3. The van der Waals surface area contributed by atoms with Crippen LogP contribution in [0.2, 0.25) is 0 Å². The molecule has 2 atom stereocenters. The van der Waals surface area contributed by atoms with Crippen LogP contribution >= 0.6 is 0 Å². The van der Waals surface area contributed by atoms with Gasteiger partial charge in [-0.25, -0.2) is 4.79 Å². The molecule has 1 aromatic carbocycles. The number of carbonyl (C=O) groups is 1. The van der Waals surface area contributed by atoms with Gasteiger partial charge in [0.1, 0.15) is 11.3 Å². The van der Waals surface area contributed by atoms with Crippen molar-refractivity contribution < 1.29 is 14.6 Å². The first-order valence-electron chi connectivity index (χ1n) is 4.76. The van der Waals surface area contributed by atoms with Crippen LogP contribution < -0.4 is 4.74 Å². The van der Waals surface area contributed by atoms with Crippen LogP contribution in [-0.2, 0) is 0 Å². The molecule has 1 aromatic rings. The van der Waals surface area contributed by atoms with Crippen molar-refractivity contribution in [1.29, 1.82) is 0 Å². The predicted octanol–water partition coefficient (Wildman–Crippen LogP) is 1.88. The third kappa shape index (κ3) is 0.953. The summed E-state index contributed by atoms with van der Waals surface area (Å²) in [5, 5.41) is 8.96. The molecule has 0 amide bonds. The number of hydrogen-bond donors (Lipinski definition) is 1. The van der Waals surface area contributed by atoms with Crippen LogP contribution in [0.25, 0.3) is 0 Å². The zero-order valence-corrected chi connectivity index (χ0v) is 7.56. The Morgan fingerprint density at radius 2 is 2.36 bits per heavy atom. The summed E-state index contributed by atoms with van der Waals surface area (Å²) in [5.74, 6) is 0.879. The Kier molecular flexibility index (Phi) is 1.40. The van der Waals surface area contributed by atoms with Crippen molar-refractivity contribution in [3.8, 4) is 5.75 Å². The molecule has 3 rings (SSSR count). The van der Waals surface area contributed by atoms with Crippen LogP contribution in [0.15, 0.2) is 18.2 Å². The summed E-state index contributed by atoms with van der Waals surface area (Å²) in [6, 6.07) is 5.38.